The molecule has 0 radical (unpaired) electrons. The second kappa shape index (κ2) is 6.81. The van der Waals surface area contributed by atoms with Crippen LogP contribution in [0.4, 0.5) is 0 Å². The van der Waals surface area contributed by atoms with Crippen molar-refractivity contribution in [2.45, 2.75) is 18.7 Å². The van der Waals surface area contributed by atoms with Gasteiger partial charge in [-0.05, 0) is 37.6 Å². The van der Waals surface area contributed by atoms with Gasteiger partial charge in [-0.2, -0.15) is 8.42 Å². The number of fused-ring (bicyclic) bond motifs is 1. The molecule has 6 heteroatoms. The van der Waals surface area contributed by atoms with Crippen LogP contribution >= 0.6 is 0 Å². The first kappa shape index (κ1) is 16.3. The molecule has 1 aliphatic heterocycles. The fourth-order valence-electron chi connectivity index (χ4n) is 2.08. The highest BCUT2D eigenvalue weighted by molar-refractivity contribution is 7.85. The van der Waals surface area contributed by atoms with Gasteiger partial charge in [0, 0.05) is 0 Å². The Labute approximate surface area is 130 Å². The van der Waals surface area contributed by atoms with Crippen molar-refractivity contribution in [1.29, 1.82) is 0 Å². The third-order valence-electron chi connectivity index (χ3n) is 3.06. The first-order valence-corrected chi connectivity index (χ1v) is 8.21. The number of hydrogen-bond donors (Lipinski definition) is 1. The normalized spacial score (nSPS) is 13.0. The summed E-state index contributed by atoms with van der Waals surface area (Å²) in [7, 11) is -4.05. The predicted octanol–water partition coefficient (Wildman–Crippen LogP) is 3.01. The van der Waals surface area contributed by atoms with Crippen molar-refractivity contribution in [3.8, 4) is 11.5 Å². The molecule has 0 saturated heterocycles. The number of rotatable bonds is 1. The topological polar surface area (TPSA) is 72.8 Å². The molecule has 0 saturated carbocycles. The summed E-state index contributed by atoms with van der Waals surface area (Å²) in [5, 5.41) is 0. The molecule has 2 aromatic carbocycles. The van der Waals surface area contributed by atoms with E-state index in [0.717, 1.165) is 17.1 Å². The first-order chi connectivity index (χ1) is 10.4. The maximum atomic E-state index is 10.7. The molecule has 22 heavy (non-hydrogen) atoms. The van der Waals surface area contributed by atoms with Crippen LogP contribution in [0.2, 0.25) is 0 Å². The van der Waals surface area contributed by atoms with Gasteiger partial charge in [0.1, 0.15) is 13.2 Å². The fourth-order valence-corrected chi connectivity index (χ4v) is 2.79. The summed E-state index contributed by atoms with van der Waals surface area (Å²) in [5.74, 6) is 1.71. The fraction of sp³-hybridized carbons (Fsp3) is 0.250. The summed E-state index contributed by atoms with van der Waals surface area (Å²) < 4.78 is 40.8. The van der Waals surface area contributed by atoms with Gasteiger partial charge in [0.15, 0.2) is 11.5 Å². The zero-order valence-corrected chi connectivity index (χ0v) is 13.3. The molecular weight excluding hydrogens is 304 g/mol. The quantitative estimate of drug-likeness (QED) is 0.817. The first-order valence-electron chi connectivity index (χ1n) is 6.77. The van der Waals surface area contributed by atoms with Crippen molar-refractivity contribution in [3.63, 3.8) is 0 Å². The second-order valence-electron chi connectivity index (χ2n) is 4.89. The molecule has 3 rings (SSSR count). The highest BCUT2D eigenvalue weighted by Gasteiger charge is 2.11. The molecule has 5 nitrogen and oxygen atoms in total. The van der Waals surface area contributed by atoms with Crippen LogP contribution in [0, 0.1) is 13.8 Å². The van der Waals surface area contributed by atoms with Crippen LogP contribution in [0.3, 0.4) is 0 Å². The van der Waals surface area contributed by atoms with Gasteiger partial charge in [-0.1, -0.05) is 29.8 Å². The van der Waals surface area contributed by atoms with Gasteiger partial charge >= 0.3 is 0 Å². The van der Waals surface area contributed by atoms with Crippen molar-refractivity contribution < 1.29 is 22.4 Å². The molecule has 118 valence electrons. The molecule has 0 amide bonds. The molecule has 1 aliphatic rings. The molecule has 0 aromatic heterocycles. The number of benzene rings is 2. The van der Waals surface area contributed by atoms with Crippen molar-refractivity contribution in [3.05, 3.63) is 53.6 Å². The Morgan fingerprint density at radius 1 is 0.955 bits per heavy atom. The van der Waals surface area contributed by atoms with Crippen LogP contribution in [0.1, 0.15) is 11.1 Å². The summed E-state index contributed by atoms with van der Waals surface area (Å²) in [6.07, 6.45) is 0. The lowest BCUT2D eigenvalue weighted by Crippen LogP contribution is -2.14. The molecule has 1 N–H and O–H groups in total. The average molecular weight is 322 g/mol. The van der Waals surface area contributed by atoms with E-state index in [1.165, 1.54) is 6.07 Å². The molecule has 0 fully saturated rings. The molecule has 0 bridgehead atoms. The van der Waals surface area contributed by atoms with E-state index >= 15 is 0 Å². The van der Waals surface area contributed by atoms with E-state index < -0.39 is 10.1 Å². The highest BCUT2D eigenvalue weighted by Crippen LogP contribution is 2.28. The van der Waals surface area contributed by atoms with E-state index in [1.54, 1.807) is 19.1 Å². The summed E-state index contributed by atoms with van der Waals surface area (Å²) >= 11 is 0. The van der Waals surface area contributed by atoms with E-state index in [4.69, 9.17) is 14.0 Å². The average Bonchev–Trinajstić information content (AvgIpc) is 2.46. The zero-order valence-electron chi connectivity index (χ0n) is 12.4. The zero-order chi connectivity index (χ0) is 16.2. The van der Waals surface area contributed by atoms with Gasteiger partial charge < -0.3 is 9.47 Å². The monoisotopic (exact) mass is 322 g/mol. The highest BCUT2D eigenvalue weighted by atomic mass is 32.2. The molecule has 0 spiro atoms. The molecule has 2 aromatic rings. The maximum absolute atomic E-state index is 10.7. The summed E-state index contributed by atoms with van der Waals surface area (Å²) in [4.78, 5) is -0.0203. The van der Waals surface area contributed by atoms with Gasteiger partial charge in [-0.15, -0.1) is 0 Å². The number of hydrogen-bond acceptors (Lipinski definition) is 4. The molecule has 0 atom stereocenters. The largest absolute Gasteiger partial charge is 0.486 e. The van der Waals surface area contributed by atoms with Crippen LogP contribution in [-0.4, -0.2) is 26.2 Å². The van der Waals surface area contributed by atoms with E-state index in [-0.39, 0.29) is 4.90 Å². The van der Waals surface area contributed by atoms with Crippen LogP contribution in [0.25, 0.3) is 0 Å². The molecule has 1 heterocycles. The van der Waals surface area contributed by atoms with E-state index in [1.807, 2.05) is 31.2 Å². The summed E-state index contributed by atoms with van der Waals surface area (Å²) in [6, 6.07) is 12.5. The van der Waals surface area contributed by atoms with Crippen LogP contribution in [0.5, 0.6) is 11.5 Å². The standard InChI is InChI=1S/C8H10O3S.C8H8O2/c1-6-3-4-8(7(2)5-6)12(9,10)11;1-2-4-8-7(3-1)9-5-6-10-8/h3-5H,1-2H3,(H,9,10,11);1-4H,5-6H2. The van der Waals surface area contributed by atoms with Gasteiger partial charge in [-0.3, -0.25) is 4.55 Å². The number of ether oxygens (including phenoxy) is 2. The minimum atomic E-state index is -4.05. The molecular formula is C16H18O5S. The van der Waals surface area contributed by atoms with E-state index in [9.17, 15) is 8.42 Å². The van der Waals surface area contributed by atoms with Gasteiger partial charge in [0.05, 0.1) is 4.90 Å². The predicted molar refractivity (Wildman–Crippen MR) is 83.2 cm³/mol. The van der Waals surface area contributed by atoms with Crippen LogP contribution < -0.4 is 9.47 Å². The lowest BCUT2D eigenvalue weighted by atomic mass is 10.2. The smallest absolute Gasteiger partial charge is 0.294 e. The van der Waals surface area contributed by atoms with Gasteiger partial charge in [0.25, 0.3) is 10.1 Å². The lowest BCUT2D eigenvalue weighted by Gasteiger charge is -2.17. The third-order valence-corrected chi connectivity index (χ3v) is 4.07. The Morgan fingerprint density at radius 2 is 1.50 bits per heavy atom. The minimum absolute atomic E-state index is 0.0203. The van der Waals surface area contributed by atoms with Crippen molar-refractivity contribution in [1.82, 2.24) is 0 Å². The number of para-hydroxylation sites is 2. The molecule has 0 unspecified atom stereocenters. The Balaban J connectivity index is 0.000000162. The summed E-state index contributed by atoms with van der Waals surface area (Å²) in [5.41, 5.74) is 1.54. The minimum Gasteiger partial charge on any atom is -0.486 e. The van der Waals surface area contributed by atoms with Gasteiger partial charge in [-0.25, -0.2) is 0 Å². The lowest BCUT2D eigenvalue weighted by molar-refractivity contribution is 0.171. The second-order valence-corrected chi connectivity index (χ2v) is 6.28. The number of aryl methyl sites for hydroxylation is 2. The van der Waals surface area contributed by atoms with Crippen molar-refractivity contribution >= 4 is 10.1 Å². The Kier molecular flexibility index (Phi) is 5.05. The van der Waals surface area contributed by atoms with Crippen LogP contribution in [-0.2, 0) is 10.1 Å². The third kappa shape index (κ3) is 4.22. The SMILES string of the molecule is Cc1ccc(S(=O)(=O)O)c(C)c1.c1ccc2c(c1)OCCO2. The molecule has 0 aliphatic carbocycles. The van der Waals surface area contributed by atoms with Crippen LogP contribution in [0.15, 0.2) is 47.4 Å². The van der Waals surface area contributed by atoms with Gasteiger partial charge in [0.2, 0.25) is 0 Å². The Bertz CT molecular complexity index is 728. The Morgan fingerprint density at radius 3 is 1.95 bits per heavy atom. The van der Waals surface area contributed by atoms with Crippen molar-refractivity contribution in [2.24, 2.45) is 0 Å². The maximum Gasteiger partial charge on any atom is 0.294 e. The van der Waals surface area contributed by atoms with E-state index in [2.05, 4.69) is 0 Å². The summed E-state index contributed by atoms with van der Waals surface area (Å²) in [6.45, 7) is 4.84. The van der Waals surface area contributed by atoms with Crippen molar-refractivity contribution in [2.75, 3.05) is 13.2 Å². The Hall–Kier alpha value is -2.05. The van der Waals surface area contributed by atoms with E-state index in [0.29, 0.717) is 18.8 Å².